The lowest BCUT2D eigenvalue weighted by Gasteiger charge is -2.30. The second kappa shape index (κ2) is 11.5. The van der Waals surface area contributed by atoms with E-state index in [1.807, 2.05) is 67.6 Å². The van der Waals surface area contributed by atoms with Crippen LogP contribution in [0.2, 0.25) is 0 Å². The number of primary amides is 1. The highest BCUT2D eigenvalue weighted by molar-refractivity contribution is 5.87. The van der Waals surface area contributed by atoms with Crippen molar-refractivity contribution in [3.63, 3.8) is 0 Å². The number of ketones is 1. The zero-order chi connectivity index (χ0) is 22.9. The summed E-state index contributed by atoms with van der Waals surface area (Å²) >= 11 is 0. The molecule has 1 aliphatic heterocycles. The van der Waals surface area contributed by atoms with Crippen molar-refractivity contribution in [2.24, 2.45) is 11.7 Å². The highest BCUT2D eigenvalue weighted by atomic mass is 16.2. The van der Waals surface area contributed by atoms with Crippen LogP contribution >= 0.6 is 0 Å². The Morgan fingerprint density at radius 1 is 1.03 bits per heavy atom. The van der Waals surface area contributed by atoms with Crippen molar-refractivity contribution in [3.8, 4) is 0 Å². The van der Waals surface area contributed by atoms with Gasteiger partial charge in [0.2, 0.25) is 11.8 Å². The van der Waals surface area contributed by atoms with Crippen molar-refractivity contribution < 1.29 is 14.4 Å². The van der Waals surface area contributed by atoms with Gasteiger partial charge in [0.05, 0.1) is 24.7 Å². The van der Waals surface area contributed by atoms with Crippen molar-refractivity contribution in [2.45, 2.75) is 44.3 Å². The van der Waals surface area contributed by atoms with Crippen LogP contribution in [-0.2, 0) is 14.4 Å². The highest BCUT2D eigenvalue weighted by Gasteiger charge is 2.29. The lowest BCUT2D eigenvalue weighted by atomic mass is 9.89. The van der Waals surface area contributed by atoms with Crippen LogP contribution in [0.25, 0.3) is 0 Å². The predicted octanol–water partition coefficient (Wildman–Crippen LogP) is 1.68. The summed E-state index contributed by atoms with van der Waals surface area (Å²) in [5.41, 5.74) is 7.26. The summed E-state index contributed by atoms with van der Waals surface area (Å²) in [5, 5.41) is 9.24. The van der Waals surface area contributed by atoms with Gasteiger partial charge in [-0.25, -0.2) is 0 Å². The Hall–Kier alpha value is -3.03. The fourth-order valence-electron chi connectivity index (χ4n) is 3.96. The van der Waals surface area contributed by atoms with Gasteiger partial charge >= 0.3 is 0 Å². The van der Waals surface area contributed by atoms with Crippen molar-refractivity contribution in [1.82, 2.24) is 16.0 Å². The van der Waals surface area contributed by atoms with E-state index >= 15 is 0 Å². The normalized spacial score (nSPS) is 17.2. The summed E-state index contributed by atoms with van der Waals surface area (Å²) in [5.74, 6) is -0.725. The van der Waals surface area contributed by atoms with Crippen molar-refractivity contribution in [3.05, 3.63) is 71.8 Å². The lowest BCUT2D eigenvalue weighted by Crippen LogP contribution is -2.50. The smallest absolute Gasteiger partial charge is 0.237 e. The van der Waals surface area contributed by atoms with E-state index in [0.717, 1.165) is 24.1 Å². The Kier molecular flexibility index (Phi) is 8.53. The number of nitrogens with two attached hydrogens (primary N) is 1. The summed E-state index contributed by atoms with van der Waals surface area (Å²) in [6, 6.07) is 18.9. The van der Waals surface area contributed by atoms with Gasteiger partial charge in [-0.15, -0.1) is 0 Å². The molecule has 2 aromatic rings. The van der Waals surface area contributed by atoms with E-state index in [2.05, 4.69) is 16.0 Å². The summed E-state index contributed by atoms with van der Waals surface area (Å²) < 4.78 is 0. The molecule has 3 rings (SSSR count). The first kappa shape index (κ1) is 23.6. The molecule has 5 N–H and O–H groups in total. The zero-order valence-electron chi connectivity index (χ0n) is 18.4. The number of carbonyl (C=O) groups is 3. The van der Waals surface area contributed by atoms with E-state index in [1.54, 1.807) is 0 Å². The van der Waals surface area contributed by atoms with E-state index in [4.69, 9.17) is 5.73 Å². The Labute approximate surface area is 189 Å². The van der Waals surface area contributed by atoms with Gasteiger partial charge in [0.1, 0.15) is 5.78 Å². The first-order valence-corrected chi connectivity index (χ1v) is 11.1. The third-order valence-electron chi connectivity index (χ3n) is 5.79. The van der Waals surface area contributed by atoms with Gasteiger partial charge in [-0.2, -0.15) is 0 Å². The first-order chi connectivity index (χ1) is 15.4. The van der Waals surface area contributed by atoms with E-state index in [1.165, 1.54) is 0 Å². The molecule has 0 saturated carbocycles. The van der Waals surface area contributed by atoms with Crippen LogP contribution in [0, 0.1) is 5.92 Å². The lowest BCUT2D eigenvalue weighted by molar-refractivity contribution is -0.127. The molecule has 1 aliphatic rings. The molecule has 2 unspecified atom stereocenters. The van der Waals surface area contributed by atoms with Gasteiger partial charge in [0.15, 0.2) is 0 Å². The molecule has 2 amide bonds. The molecule has 170 valence electrons. The molecule has 3 atom stereocenters. The summed E-state index contributed by atoms with van der Waals surface area (Å²) in [4.78, 5) is 36.6. The fraction of sp³-hybridized carbons (Fsp3) is 0.400. The van der Waals surface area contributed by atoms with Crippen LogP contribution in [-0.4, -0.2) is 42.8 Å². The minimum atomic E-state index is -0.600. The molecule has 0 bridgehead atoms. The average Bonchev–Trinajstić information content (AvgIpc) is 2.74. The van der Waals surface area contributed by atoms with Gasteiger partial charge < -0.3 is 16.4 Å². The van der Waals surface area contributed by atoms with Crippen LogP contribution < -0.4 is 21.7 Å². The van der Waals surface area contributed by atoms with Crippen molar-refractivity contribution >= 4 is 17.6 Å². The third-order valence-corrected chi connectivity index (χ3v) is 5.79. The summed E-state index contributed by atoms with van der Waals surface area (Å²) in [7, 11) is 0. The summed E-state index contributed by atoms with van der Waals surface area (Å²) in [6.45, 7) is 2.63. The molecular weight excluding hydrogens is 404 g/mol. The Morgan fingerprint density at radius 2 is 1.59 bits per heavy atom. The van der Waals surface area contributed by atoms with Gasteiger partial charge in [-0.05, 0) is 36.4 Å². The number of carbonyl (C=O) groups excluding carboxylic acids is 3. The molecule has 1 fully saturated rings. The molecule has 1 heterocycles. The Bertz CT molecular complexity index is 860. The van der Waals surface area contributed by atoms with Gasteiger partial charge in [-0.1, -0.05) is 67.6 Å². The molecule has 1 saturated heterocycles. The van der Waals surface area contributed by atoms with Crippen LogP contribution in [0.4, 0.5) is 0 Å². The van der Waals surface area contributed by atoms with Crippen LogP contribution in [0.5, 0.6) is 0 Å². The molecule has 32 heavy (non-hydrogen) atoms. The first-order valence-electron chi connectivity index (χ1n) is 11.1. The summed E-state index contributed by atoms with van der Waals surface area (Å²) in [6.07, 6.45) is 1.73. The number of hydrogen-bond donors (Lipinski definition) is 4. The SMILES string of the molecule is CC(CC(=O)C1CCN1)C[C@H](NC(c1ccccc1)c1ccccc1)C(=O)NCC(N)=O. The average molecular weight is 437 g/mol. The van der Waals surface area contributed by atoms with E-state index in [0.29, 0.717) is 12.8 Å². The van der Waals surface area contributed by atoms with Crippen molar-refractivity contribution in [2.75, 3.05) is 13.1 Å². The second-order valence-electron chi connectivity index (χ2n) is 8.46. The molecule has 0 radical (unpaired) electrons. The number of Topliss-reactive ketones (excluding diaryl/α,β-unsaturated/α-hetero) is 1. The zero-order valence-corrected chi connectivity index (χ0v) is 18.4. The minimum Gasteiger partial charge on any atom is -0.368 e. The number of amides is 2. The van der Waals surface area contributed by atoms with Gasteiger partial charge in [0.25, 0.3) is 0 Å². The maximum atomic E-state index is 13.0. The number of rotatable bonds is 12. The minimum absolute atomic E-state index is 0.00563. The standard InChI is InChI=1S/C25H32N4O3/c1-17(15-22(30)20-12-13-27-20)14-21(25(32)28-16-23(26)31)29-24(18-8-4-2-5-9-18)19-10-6-3-7-11-19/h2-11,17,20-21,24,27,29H,12-16H2,1H3,(H2,26,31)(H,28,32)/t17?,20?,21-/m0/s1. The Balaban J connectivity index is 1.78. The fourth-order valence-corrected chi connectivity index (χ4v) is 3.96. The highest BCUT2D eigenvalue weighted by Crippen LogP contribution is 2.24. The van der Waals surface area contributed by atoms with E-state index < -0.39 is 11.9 Å². The molecule has 2 aromatic carbocycles. The van der Waals surface area contributed by atoms with Gasteiger partial charge in [0, 0.05) is 6.42 Å². The quantitative estimate of drug-likeness (QED) is 0.404. The van der Waals surface area contributed by atoms with E-state index in [-0.39, 0.29) is 36.2 Å². The molecule has 0 spiro atoms. The van der Waals surface area contributed by atoms with Crippen LogP contribution in [0.15, 0.2) is 60.7 Å². The number of nitrogens with one attached hydrogen (secondary N) is 3. The molecule has 7 nitrogen and oxygen atoms in total. The molecule has 0 aromatic heterocycles. The van der Waals surface area contributed by atoms with Gasteiger partial charge in [-0.3, -0.25) is 19.7 Å². The maximum absolute atomic E-state index is 13.0. The van der Waals surface area contributed by atoms with E-state index in [9.17, 15) is 14.4 Å². The largest absolute Gasteiger partial charge is 0.368 e. The third kappa shape index (κ3) is 6.73. The van der Waals surface area contributed by atoms with Crippen LogP contribution in [0.3, 0.4) is 0 Å². The molecule has 7 heteroatoms. The predicted molar refractivity (Wildman–Crippen MR) is 124 cm³/mol. The number of hydrogen-bond acceptors (Lipinski definition) is 5. The second-order valence-corrected chi connectivity index (χ2v) is 8.46. The molecule has 0 aliphatic carbocycles. The Morgan fingerprint density at radius 3 is 2.06 bits per heavy atom. The maximum Gasteiger partial charge on any atom is 0.237 e. The van der Waals surface area contributed by atoms with Crippen molar-refractivity contribution in [1.29, 1.82) is 0 Å². The molecular formula is C25H32N4O3. The topological polar surface area (TPSA) is 113 Å². The van der Waals surface area contributed by atoms with Crippen LogP contribution in [0.1, 0.15) is 43.4 Å². The number of benzene rings is 2. The monoisotopic (exact) mass is 436 g/mol.